The largest absolute Gasteiger partial charge is 0.506 e. The Morgan fingerprint density at radius 3 is 0.879 bits per heavy atom. The van der Waals surface area contributed by atoms with Gasteiger partial charge in [0, 0.05) is 17.4 Å². The topological polar surface area (TPSA) is 64.5 Å². The van der Waals surface area contributed by atoms with Gasteiger partial charge in [-0.15, -0.1) is 0 Å². The second-order valence-electron chi connectivity index (χ2n) is 13.3. The van der Waals surface area contributed by atoms with Gasteiger partial charge < -0.3 is 13.3 Å². The molecule has 9 aromatic rings. The fourth-order valence-corrected chi connectivity index (χ4v) is 19.0. The third kappa shape index (κ3) is 8.95. The molecule has 0 amide bonds. The summed E-state index contributed by atoms with van der Waals surface area (Å²) in [5, 5.41) is 17.4. The molecular formula is C48H44AlN2O3Si4. The molecule has 0 atom stereocenters. The maximum atomic E-state index is 9.63. The third-order valence-corrected chi connectivity index (χ3v) is 21.8. The number of phenolic OH excluding ortho intramolecular Hbond substituents is 1. The highest BCUT2D eigenvalue weighted by atomic mass is 28.4. The van der Waals surface area contributed by atoms with Crippen LogP contribution in [0.2, 0.25) is 0 Å². The van der Waals surface area contributed by atoms with E-state index in [0.717, 1.165) is 11.0 Å². The molecular weight excluding hydrogens is 792 g/mol. The number of aromatic hydroxyl groups is 1. The van der Waals surface area contributed by atoms with Gasteiger partial charge in [-0.05, 0) is 55.4 Å². The molecule has 1 aromatic heterocycles. The number of hydrogen-bond acceptors (Lipinski definition) is 5. The maximum Gasteiger partial charge on any atom is 0.277 e. The second kappa shape index (κ2) is 20.3. The lowest BCUT2D eigenvalue weighted by Gasteiger charge is -2.32. The summed E-state index contributed by atoms with van der Waals surface area (Å²) in [5.41, 5.74) is 2.91. The molecule has 0 fully saturated rings. The predicted molar refractivity (Wildman–Crippen MR) is 254 cm³/mol. The van der Waals surface area contributed by atoms with Crippen molar-refractivity contribution in [3.63, 3.8) is 0 Å². The molecule has 58 heavy (non-hydrogen) atoms. The van der Waals surface area contributed by atoms with Crippen LogP contribution in [0.4, 0.5) is 0 Å². The Bertz CT molecular complexity index is 2300. The van der Waals surface area contributed by atoms with Gasteiger partial charge in [0.05, 0.1) is 16.6 Å². The first-order chi connectivity index (χ1) is 28.1. The van der Waals surface area contributed by atoms with Crippen LogP contribution in [-0.4, -0.2) is 70.0 Å². The first-order valence-corrected chi connectivity index (χ1v) is 24.3. The Morgan fingerprint density at radius 1 is 0.328 bits per heavy atom. The van der Waals surface area contributed by atoms with Gasteiger partial charge in [-0.25, -0.2) is 9.97 Å². The quantitative estimate of drug-likeness (QED) is 0.143. The first kappa shape index (κ1) is 42.1. The van der Waals surface area contributed by atoms with Crippen LogP contribution in [-0.2, 0) is 8.23 Å². The van der Waals surface area contributed by atoms with E-state index in [9.17, 15) is 5.11 Å². The molecule has 0 aliphatic heterocycles. The molecule has 283 valence electrons. The molecule has 0 bridgehead atoms. The highest BCUT2D eigenvalue weighted by molar-refractivity contribution is 7.08. The van der Waals surface area contributed by atoms with Crippen molar-refractivity contribution in [1.29, 1.82) is 0 Å². The fourth-order valence-electron chi connectivity index (χ4n) is 7.37. The standard InChI is InChI=1S/2C18H18OSi2.C12H8N2O.Al/c2*20-19-21(16-10-4-1-5-11-16,17-12-6-2-7-13-17)18-14-8-3-9-15-18;15-11-7-3-6-10-12(11)14-9-5-2-1-4-8(9)13-10;/h2*1-15H,20H3;1-7,15H;. The third-order valence-electron chi connectivity index (χ3n) is 10.0. The summed E-state index contributed by atoms with van der Waals surface area (Å²) in [6.45, 7) is 0. The van der Waals surface area contributed by atoms with Crippen molar-refractivity contribution in [1.82, 2.24) is 9.97 Å². The van der Waals surface area contributed by atoms with E-state index >= 15 is 0 Å². The van der Waals surface area contributed by atoms with Crippen molar-refractivity contribution in [3.8, 4) is 5.75 Å². The molecule has 0 saturated carbocycles. The number of benzene rings is 8. The average Bonchev–Trinajstić information content (AvgIpc) is 3.30. The smallest absolute Gasteiger partial charge is 0.277 e. The number of hydrogen-bond donors (Lipinski definition) is 1. The van der Waals surface area contributed by atoms with Crippen LogP contribution >= 0.6 is 0 Å². The Morgan fingerprint density at radius 2 is 0.586 bits per heavy atom. The van der Waals surface area contributed by atoms with E-state index in [1.165, 1.54) is 31.1 Å². The first-order valence-electron chi connectivity index (χ1n) is 18.9. The van der Waals surface area contributed by atoms with Crippen LogP contribution < -0.4 is 31.1 Å². The number of rotatable bonds is 8. The Hall–Kier alpha value is -5.52. The molecule has 0 saturated heterocycles. The number of fused-ring (bicyclic) bond motifs is 2. The van der Waals surface area contributed by atoms with Gasteiger partial charge in [-0.2, -0.15) is 0 Å². The molecule has 0 aliphatic rings. The van der Waals surface area contributed by atoms with Crippen LogP contribution in [0.25, 0.3) is 22.1 Å². The Kier molecular flexibility index (Phi) is 14.7. The molecule has 9 rings (SSSR count). The highest BCUT2D eigenvalue weighted by Gasteiger charge is 2.41. The normalized spacial score (nSPS) is 11.1. The van der Waals surface area contributed by atoms with Crippen molar-refractivity contribution >= 4 is 108 Å². The summed E-state index contributed by atoms with van der Waals surface area (Å²) in [4.78, 5) is 8.78. The van der Waals surface area contributed by atoms with Gasteiger partial charge in [-0.3, -0.25) is 0 Å². The number of para-hydroxylation sites is 3. The molecule has 0 unspecified atom stereocenters. The Labute approximate surface area is 359 Å². The molecule has 1 N–H and O–H groups in total. The SMILES string of the molecule is Oc1cccc2nc3ccccc3nc12.[Al].[SiH3]O[Si](c1ccccc1)(c1ccccc1)c1ccccc1.[SiH3]O[Si](c1ccccc1)(c1ccccc1)c1ccccc1. The minimum Gasteiger partial charge on any atom is -0.506 e. The molecule has 8 aromatic carbocycles. The monoisotopic (exact) mass is 835 g/mol. The highest BCUT2D eigenvalue weighted by Crippen LogP contribution is 2.23. The molecule has 5 nitrogen and oxygen atoms in total. The molecule has 0 spiro atoms. The second-order valence-corrected chi connectivity index (χ2v) is 22.8. The number of aromatic nitrogens is 2. The lowest BCUT2D eigenvalue weighted by atomic mass is 10.2. The van der Waals surface area contributed by atoms with Gasteiger partial charge in [-0.1, -0.05) is 200 Å². The summed E-state index contributed by atoms with van der Waals surface area (Å²) < 4.78 is 12.7. The zero-order chi connectivity index (χ0) is 39.3. The van der Waals surface area contributed by atoms with Crippen LogP contribution in [0, 0.1) is 0 Å². The lowest BCUT2D eigenvalue weighted by Crippen LogP contribution is -2.69. The summed E-state index contributed by atoms with van der Waals surface area (Å²) in [7, 11) is -3.25. The van der Waals surface area contributed by atoms with E-state index in [4.69, 9.17) is 8.23 Å². The van der Waals surface area contributed by atoms with Gasteiger partial charge in [0.1, 0.15) is 32.2 Å². The van der Waals surface area contributed by atoms with Crippen LogP contribution in [0.3, 0.4) is 0 Å². The predicted octanol–water partition coefficient (Wildman–Crippen LogP) is 4.01. The van der Waals surface area contributed by atoms with Crippen molar-refractivity contribution in [2.75, 3.05) is 0 Å². The van der Waals surface area contributed by atoms with Crippen LogP contribution in [0.5, 0.6) is 5.75 Å². The lowest BCUT2D eigenvalue weighted by molar-refractivity contribution is 0.480. The average molecular weight is 836 g/mol. The van der Waals surface area contributed by atoms with Crippen molar-refractivity contribution < 1.29 is 13.3 Å². The van der Waals surface area contributed by atoms with E-state index in [1.54, 1.807) is 12.1 Å². The summed E-state index contributed by atoms with van der Waals surface area (Å²) in [6, 6.07) is 76.8. The van der Waals surface area contributed by atoms with Gasteiger partial charge in [0.2, 0.25) is 0 Å². The number of phenols is 1. The molecule has 1 heterocycles. The fraction of sp³-hybridized carbons (Fsp3) is 0. The van der Waals surface area contributed by atoms with E-state index in [2.05, 4.69) is 192 Å². The number of nitrogens with zero attached hydrogens (tertiary/aromatic N) is 2. The van der Waals surface area contributed by atoms with Gasteiger partial charge >= 0.3 is 0 Å². The van der Waals surface area contributed by atoms with Crippen LogP contribution in [0.15, 0.2) is 224 Å². The van der Waals surface area contributed by atoms with Gasteiger partial charge in [0.15, 0.2) is 0 Å². The molecule has 0 aliphatic carbocycles. The van der Waals surface area contributed by atoms with Gasteiger partial charge in [0.25, 0.3) is 16.6 Å². The van der Waals surface area contributed by atoms with Crippen molar-refractivity contribution in [3.05, 3.63) is 224 Å². The van der Waals surface area contributed by atoms with Crippen LogP contribution in [0.1, 0.15) is 0 Å². The van der Waals surface area contributed by atoms with E-state index in [-0.39, 0.29) is 23.1 Å². The molecule has 10 heteroatoms. The summed E-state index contributed by atoms with van der Waals surface area (Å²) in [5.74, 6) is 0.172. The zero-order valence-corrected chi connectivity index (χ0v) is 39.8. The minimum atomic E-state index is -2.34. The molecule has 3 radical (unpaired) electrons. The minimum absolute atomic E-state index is 0. The van der Waals surface area contributed by atoms with E-state index in [1.807, 2.05) is 30.3 Å². The summed E-state index contributed by atoms with van der Waals surface area (Å²) >= 11 is 0. The zero-order valence-electron chi connectivity index (χ0n) is 32.6. The van der Waals surface area contributed by atoms with Crippen molar-refractivity contribution in [2.24, 2.45) is 0 Å². The maximum absolute atomic E-state index is 9.63. The Balaban J connectivity index is 0.000000147. The van der Waals surface area contributed by atoms with Crippen molar-refractivity contribution in [2.45, 2.75) is 0 Å². The van der Waals surface area contributed by atoms with E-state index in [0.29, 0.717) is 32.0 Å². The summed E-state index contributed by atoms with van der Waals surface area (Å²) in [6.07, 6.45) is 0. The van der Waals surface area contributed by atoms with E-state index < -0.39 is 16.6 Å².